The standard InChI is InChI=1S/C45H30/c1-45(2)36-25-21-27-13-9-10-18-30(27)40(36)33-22-23-34-41-35(24-26-37(45)42(33)41)44-39(29-16-7-4-8-17-29)32-20-12-11-19-31(32)38(43(34)44)28-14-5-3-6-15-28/h3-26H,1-2H3. The zero-order valence-corrected chi connectivity index (χ0v) is 25.4. The van der Waals surface area contributed by atoms with Crippen LogP contribution < -0.4 is 0 Å². The lowest BCUT2D eigenvalue weighted by Gasteiger charge is -2.36. The van der Waals surface area contributed by atoms with Crippen LogP contribution in [-0.4, -0.2) is 0 Å². The molecule has 0 bridgehead atoms. The van der Waals surface area contributed by atoms with E-state index in [9.17, 15) is 0 Å². The molecular weight excluding hydrogens is 540 g/mol. The Kier molecular flexibility index (Phi) is 4.88. The van der Waals surface area contributed by atoms with Crippen LogP contribution in [-0.2, 0) is 5.41 Å². The van der Waals surface area contributed by atoms with Crippen molar-refractivity contribution in [2.24, 2.45) is 0 Å². The van der Waals surface area contributed by atoms with Gasteiger partial charge in [-0.3, -0.25) is 0 Å². The molecule has 0 heterocycles. The highest BCUT2D eigenvalue weighted by molar-refractivity contribution is 6.30. The van der Waals surface area contributed by atoms with Crippen LogP contribution in [0.1, 0.15) is 25.0 Å². The van der Waals surface area contributed by atoms with Crippen LogP contribution in [0.15, 0.2) is 146 Å². The lowest BCUT2D eigenvalue weighted by Crippen LogP contribution is -2.23. The van der Waals surface area contributed by atoms with E-state index in [-0.39, 0.29) is 5.41 Å². The monoisotopic (exact) mass is 570 g/mol. The van der Waals surface area contributed by atoms with Gasteiger partial charge in [-0.15, -0.1) is 0 Å². The third kappa shape index (κ3) is 3.16. The number of hydrogen-bond acceptors (Lipinski definition) is 0. The highest BCUT2D eigenvalue weighted by Crippen LogP contribution is 2.61. The predicted molar refractivity (Wildman–Crippen MR) is 192 cm³/mol. The van der Waals surface area contributed by atoms with Crippen LogP contribution in [0.4, 0.5) is 0 Å². The van der Waals surface area contributed by atoms with Gasteiger partial charge in [0.25, 0.3) is 0 Å². The molecule has 10 rings (SSSR count). The normalized spacial score (nSPS) is 13.7. The molecule has 8 aromatic rings. The molecule has 8 aromatic carbocycles. The fourth-order valence-electron chi connectivity index (χ4n) is 8.66. The van der Waals surface area contributed by atoms with Gasteiger partial charge in [0.2, 0.25) is 0 Å². The predicted octanol–water partition coefficient (Wildman–Crippen LogP) is 12.4. The molecule has 0 spiro atoms. The summed E-state index contributed by atoms with van der Waals surface area (Å²) in [5.74, 6) is 0. The Hall–Kier alpha value is -5.46. The quantitative estimate of drug-likeness (QED) is 0.194. The van der Waals surface area contributed by atoms with E-state index in [0.29, 0.717) is 0 Å². The molecule has 0 radical (unpaired) electrons. The van der Waals surface area contributed by atoms with Gasteiger partial charge in [-0.25, -0.2) is 0 Å². The van der Waals surface area contributed by atoms with E-state index >= 15 is 0 Å². The highest BCUT2D eigenvalue weighted by Gasteiger charge is 2.38. The summed E-state index contributed by atoms with van der Waals surface area (Å²) in [5.41, 5.74) is 16.0. The summed E-state index contributed by atoms with van der Waals surface area (Å²) in [6.45, 7) is 4.82. The second-order valence-corrected chi connectivity index (χ2v) is 13.2. The van der Waals surface area contributed by atoms with Crippen LogP contribution in [0.2, 0.25) is 0 Å². The van der Waals surface area contributed by atoms with E-state index < -0.39 is 0 Å². The van der Waals surface area contributed by atoms with Crippen molar-refractivity contribution in [1.82, 2.24) is 0 Å². The molecule has 0 unspecified atom stereocenters. The summed E-state index contributed by atoms with van der Waals surface area (Å²) in [6.07, 6.45) is 0. The van der Waals surface area contributed by atoms with Gasteiger partial charge in [-0.2, -0.15) is 0 Å². The fraction of sp³-hybridized carbons (Fsp3) is 0.0667. The molecule has 0 atom stereocenters. The minimum atomic E-state index is -0.131. The molecule has 0 heteroatoms. The van der Waals surface area contributed by atoms with E-state index in [1.54, 1.807) is 0 Å². The lowest BCUT2D eigenvalue weighted by atomic mass is 9.67. The maximum Gasteiger partial charge on any atom is 0.0159 e. The Bertz CT molecular complexity index is 2440. The van der Waals surface area contributed by atoms with E-state index in [1.807, 2.05) is 0 Å². The number of benzene rings is 8. The maximum absolute atomic E-state index is 2.43. The molecule has 0 fully saturated rings. The Labute approximate surface area is 263 Å². The molecule has 0 saturated heterocycles. The van der Waals surface area contributed by atoms with Crippen LogP contribution in [0.5, 0.6) is 0 Å². The minimum Gasteiger partial charge on any atom is -0.0622 e. The first-order valence-electron chi connectivity index (χ1n) is 16.0. The Morgan fingerprint density at radius 2 is 0.800 bits per heavy atom. The molecule has 0 nitrogen and oxygen atoms in total. The first-order valence-corrected chi connectivity index (χ1v) is 16.0. The highest BCUT2D eigenvalue weighted by atomic mass is 14.4. The minimum absolute atomic E-state index is 0.131. The summed E-state index contributed by atoms with van der Waals surface area (Å²) in [4.78, 5) is 0. The van der Waals surface area contributed by atoms with Crippen molar-refractivity contribution in [2.45, 2.75) is 19.3 Å². The SMILES string of the molecule is CC1(C)c2ccc3ccccc3c2-c2ccc3c4c(ccc1c24)-c1c-3c(-c2ccccc2)c2ccccc2c1-c1ccccc1. The first kappa shape index (κ1) is 24.9. The van der Waals surface area contributed by atoms with Gasteiger partial charge in [0.1, 0.15) is 0 Å². The molecule has 210 valence electrons. The van der Waals surface area contributed by atoms with Crippen LogP contribution >= 0.6 is 0 Å². The van der Waals surface area contributed by atoms with Gasteiger partial charge in [0.15, 0.2) is 0 Å². The summed E-state index contributed by atoms with van der Waals surface area (Å²) in [7, 11) is 0. The van der Waals surface area contributed by atoms with Crippen molar-refractivity contribution in [3.63, 3.8) is 0 Å². The molecule has 0 N–H and O–H groups in total. The number of fused-ring (bicyclic) bond motifs is 8. The van der Waals surface area contributed by atoms with Gasteiger partial charge >= 0.3 is 0 Å². The second-order valence-electron chi connectivity index (χ2n) is 13.2. The van der Waals surface area contributed by atoms with Crippen LogP contribution in [0.25, 0.3) is 88.0 Å². The molecule has 0 aromatic heterocycles. The van der Waals surface area contributed by atoms with Gasteiger partial charge in [0.05, 0.1) is 0 Å². The maximum atomic E-state index is 2.43. The summed E-state index contributed by atoms with van der Waals surface area (Å²) in [6, 6.07) is 54.3. The number of rotatable bonds is 2. The molecule has 2 aliphatic rings. The van der Waals surface area contributed by atoms with Crippen molar-refractivity contribution in [2.75, 3.05) is 0 Å². The van der Waals surface area contributed by atoms with Crippen molar-refractivity contribution >= 4 is 32.3 Å². The molecule has 0 saturated carbocycles. The van der Waals surface area contributed by atoms with Gasteiger partial charge in [0, 0.05) is 5.41 Å². The van der Waals surface area contributed by atoms with E-state index in [1.165, 1.54) is 99.1 Å². The van der Waals surface area contributed by atoms with Gasteiger partial charge in [-0.05, 0) is 99.1 Å². The average Bonchev–Trinajstić information content (AvgIpc) is 3.42. The molecular formula is C45H30. The van der Waals surface area contributed by atoms with E-state index in [0.717, 1.165) is 0 Å². The summed E-state index contributed by atoms with van der Waals surface area (Å²) in [5, 5.41) is 8.05. The third-order valence-corrected chi connectivity index (χ3v) is 10.6. The lowest BCUT2D eigenvalue weighted by molar-refractivity contribution is 0.646. The molecule has 0 aliphatic heterocycles. The first-order chi connectivity index (χ1) is 22.1. The zero-order chi connectivity index (χ0) is 29.9. The summed E-state index contributed by atoms with van der Waals surface area (Å²) >= 11 is 0. The van der Waals surface area contributed by atoms with Crippen LogP contribution in [0, 0.1) is 0 Å². The Balaban J connectivity index is 1.43. The molecule has 45 heavy (non-hydrogen) atoms. The van der Waals surface area contributed by atoms with E-state index in [4.69, 9.17) is 0 Å². The van der Waals surface area contributed by atoms with Crippen molar-refractivity contribution in [3.05, 3.63) is 157 Å². The molecule has 0 amide bonds. The Morgan fingerprint density at radius 3 is 1.40 bits per heavy atom. The summed E-state index contributed by atoms with van der Waals surface area (Å²) < 4.78 is 0. The van der Waals surface area contributed by atoms with Gasteiger partial charge in [-0.1, -0.05) is 159 Å². The Morgan fingerprint density at radius 1 is 0.333 bits per heavy atom. The fourth-order valence-corrected chi connectivity index (χ4v) is 8.66. The third-order valence-electron chi connectivity index (χ3n) is 10.6. The second kappa shape index (κ2) is 8.80. The van der Waals surface area contributed by atoms with Crippen molar-refractivity contribution in [1.29, 1.82) is 0 Å². The van der Waals surface area contributed by atoms with Gasteiger partial charge < -0.3 is 0 Å². The molecule has 2 aliphatic carbocycles. The van der Waals surface area contributed by atoms with Crippen molar-refractivity contribution < 1.29 is 0 Å². The smallest absolute Gasteiger partial charge is 0.0159 e. The average molecular weight is 571 g/mol. The topological polar surface area (TPSA) is 0 Å². The van der Waals surface area contributed by atoms with Crippen LogP contribution in [0.3, 0.4) is 0 Å². The zero-order valence-electron chi connectivity index (χ0n) is 25.4. The largest absolute Gasteiger partial charge is 0.0622 e. The van der Waals surface area contributed by atoms with Crippen molar-refractivity contribution in [3.8, 4) is 55.6 Å². The number of hydrogen-bond donors (Lipinski definition) is 0. The van der Waals surface area contributed by atoms with E-state index in [2.05, 4.69) is 159 Å².